The fourth-order valence-electron chi connectivity index (χ4n) is 2.25. The average molecular weight is 285 g/mol. The van der Waals surface area contributed by atoms with Gasteiger partial charge in [0.25, 0.3) is 5.56 Å². The number of benzene rings is 1. The van der Waals surface area contributed by atoms with Crippen LogP contribution in [0.15, 0.2) is 47.3 Å². The van der Waals surface area contributed by atoms with Gasteiger partial charge in [-0.05, 0) is 36.6 Å². The normalized spacial score (nSPS) is 10.5. The molecule has 4 heteroatoms. The van der Waals surface area contributed by atoms with Gasteiger partial charge in [-0.1, -0.05) is 31.5 Å². The second-order valence-electron chi connectivity index (χ2n) is 5.05. The third-order valence-corrected chi connectivity index (χ3v) is 3.47. The summed E-state index contributed by atoms with van der Waals surface area (Å²) < 4.78 is 1.76. The highest BCUT2D eigenvalue weighted by molar-refractivity contribution is 5.87. The number of carboxylic acid groups (broad SMARTS) is 1. The monoisotopic (exact) mass is 285 g/mol. The Labute approximate surface area is 123 Å². The van der Waals surface area contributed by atoms with Crippen LogP contribution in [0.5, 0.6) is 0 Å². The Hall–Kier alpha value is -2.36. The Morgan fingerprint density at radius 2 is 1.86 bits per heavy atom. The van der Waals surface area contributed by atoms with Gasteiger partial charge in [0, 0.05) is 11.8 Å². The van der Waals surface area contributed by atoms with Crippen LogP contribution in [0.3, 0.4) is 0 Å². The molecule has 2 rings (SSSR count). The second-order valence-corrected chi connectivity index (χ2v) is 5.05. The van der Waals surface area contributed by atoms with Crippen molar-refractivity contribution in [3.8, 4) is 0 Å². The third-order valence-electron chi connectivity index (χ3n) is 3.47. The molecule has 0 saturated heterocycles. The highest BCUT2D eigenvalue weighted by Crippen LogP contribution is 2.09. The Morgan fingerprint density at radius 3 is 2.48 bits per heavy atom. The summed E-state index contributed by atoms with van der Waals surface area (Å²) >= 11 is 0. The van der Waals surface area contributed by atoms with Crippen LogP contribution in [0.4, 0.5) is 0 Å². The molecule has 1 aromatic carbocycles. The Morgan fingerprint density at radius 1 is 1.14 bits per heavy atom. The predicted octanol–water partition coefficient (Wildman–Crippen LogP) is 2.94. The molecule has 0 bridgehead atoms. The van der Waals surface area contributed by atoms with Crippen LogP contribution in [-0.2, 0) is 13.0 Å². The first-order valence-electron chi connectivity index (χ1n) is 7.12. The van der Waals surface area contributed by atoms with Crippen LogP contribution in [0.25, 0.3) is 0 Å². The van der Waals surface area contributed by atoms with Crippen LogP contribution < -0.4 is 5.56 Å². The summed E-state index contributed by atoms with van der Waals surface area (Å²) in [5.74, 6) is -0.943. The SMILES string of the molecule is CCCCc1cccc(=O)n1Cc1ccc(C(=O)O)cc1. The zero-order valence-electron chi connectivity index (χ0n) is 12.1. The first kappa shape index (κ1) is 15.0. The smallest absolute Gasteiger partial charge is 0.335 e. The van der Waals surface area contributed by atoms with Crippen LogP contribution in [0.2, 0.25) is 0 Å². The van der Waals surface area contributed by atoms with Crippen molar-refractivity contribution >= 4 is 5.97 Å². The number of hydrogen-bond donors (Lipinski definition) is 1. The van der Waals surface area contributed by atoms with E-state index >= 15 is 0 Å². The summed E-state index contributed by atoms with van der Waals surface area (Å²) in [7, 11) is 0. The van der Waals surface area contributed by atoms with E-state index in [9.17, 15) is 9.59 Å². The molecular formula is C17H19NO3. The summed E-state index contributed by atoms with van der Waals surface area (Å²) in [4.78, 5) is 22.9. The lowest BCUT2D eigenvalue weighted by molar-refractivity contribution is 0.0697. The maximum Gasteiger partial charge on any atom is 0.335 e. The first-order valence-corrected chi connectivity index (χ1v) is 7.12. The molecule has 0 aliphatic rings. The lowest BCUT2D eigenvalue weighted by Gasteiger charge is -2.12. The lowest BCUT2D eigenvalue weighted by atomic mass is 10.1. The molecule has 0 saturated carbocycles. The van der Waals surface area contributed by atoms with Gasteiger partial charge in [-0.2, -0.15) is 0 Å². The molecule has 1 aromatic heterocycles. The van der Waals surface area contributed by atoms with E-state index in [0.29, 0.717) is 6.54 Å². The minimum absolute atomic E-state index is 0.0223. The van der Waals surface area contributed by atoms with Gasteiger partial charge in [-0.3, -0.25) is 4.79 Å². The van der Waals surface area contributed by atoms with Crippen LogP contribution in [0, 0.1) is 0 Å². The summed E-state index contributed by atoms with van der Waals surface area (Å²) in [5.41, 5.74) is 2.17. The van der Waals surface area contributed by atoms with E-state index in [1.807, 2.05) is 6.07 Å². The highest BCUT2D eigenvalue weighted by atomic mass is 16.4. The molecule has 0 fully saturated rings. The van der Waals surface area contributed by atoms with E-state index in [2.05, 4.69) is 6.92 Å². The van der Waals surface area contributed by atoms with Crippen molar-refractivity contribution in [3.63, 3.8) is 0 Å². The van der Waals surface area contributed by atoms with Gasteiger partial charge in [-0.25, -0.2) is 4.79 Å². The molecule has 0 spiro atoms. The minimum atomic E-state index is -0.943. The number of carboxylic acids is 1. The predicted molar refractivity (Wildman–Crippen MR) is 81.8 cm³/mol. The minimum Gasteiger partial charge on any atom is -0.478 e. The van der Waals surface area contributed by atoms with Crippen LogP contribution in [-0.4, -0.2) is 15.6 Å². The van der Waals surface area contributed by atoms with Crippen LogP contribution >= 0.6 is 0 Å². The summed E-state index contributed by atoms with van der Waals surface area (Å²) in [6, 6.07) is 12.0. The molecule has 2 aromatic rings. The second kappa shape index (κ2) is 6.88. The molecule has 0 amide bonds. The fourth-order valence-corrected chi connectivity index (χ4v) is 2.25. The molecule has 1 heterocycles. The van der Waals surface area contributed by atoms with Crippen molar-refractivity contribution in [1.82, 2.24) is 4.57 Å². The number of carbonyl (C=O) groups is 1. The lowest BCUT2D eigenvalue weighted by Crippen LogP contribution is -2.23. The Kier molecular flexibility index (Phi) is 4.93. The third kappa shape index (κ3) is 3.81. The van der Waals surface area contributed by atoms with Gasteiger partial charge in [0.15, 0.2) is 0 Å². The molecule has 4 nitrogen and oxygen atoms in total. The van der Waals surface area contributed by atoms with Gasteiger partial charge in [0.2, 0.25) is 0 Å². The van der Waals surface area contributed by atoms with Gasteiger partial charge in [0.05, 0.1) is 12.1 Å². The maximum absolute atomic E-state index is 12.1. The van der Waals surface area contributed by atoms with Crippen molar-refractivity contribution in [3.05, 3.63) is 69.6 Å². The molecule has 110 valence electrons. The number of hydrogen-bond acceptors (Lipinski definition) is 2. The molecule has 0 unspecified atom stereocenters. The van der Waals surface area contributed by atoms with Crippen LogP contribution in [0.1, 0.15) is 41.4 Å². The van der Waals surface area contributed by atoms with E-state index in [4.69, 9.17) is 5.11 Å². The van der Waals surface area contributed by atoms with Gasteiger partial charge in [0.1, 0.15) is 0 Å². The molecule has 0 radical (unpaired) electrons. The van der Waals surface area contributed by atoms with Gasteiger partial charge in [-0.15, -0.1) is 0 Å². The number of aryl methyl sites for hydroxylation is 1. The summed E-state index contributed by atoms with van der Waals surface area (Å²) in [5, 5.41) is 8.90. The first-order chi connectivity index (χ1) is 10.1. The highest BCUT2D eigenvalue weighted by Gasteiger charge is 2.06. The van der Waals surface area contributed by atoms with Crippen molar-refractivity contribution in [2.75, 3.05) is 0 Å². The van der Waals surface area contributed by atoms with Crippen molar-refractivity contribution in [1.29, 1.82) is 0 Å². The summed E-state index contributed by atoms with van der Waals surface area (Å²) in [6.07, 6.45) is 3.00. The number of pyridine rings is 1. The van der Waals surface area contributed by atoms with E-state index in [-0.39, 0.29) is 11.1 Å². The van der Waals surface area contributed by atoms with E-state index in [0.717, 1.165) is 30.5 Å². The largest absolute Gasteiger partial charge is 0.478 e. The average Bonchev–Trinajstić information content (AvgIpc) is 2.48. The molecular weight excluding hydrogens is 266 g/mol. The van der Waals surface area contributed by atoms with E-state index < -0.39 is 5.97 Å². The maximum atomic E-state index is 12.1. The van der Waals surface area contributed by atoms with Gasteiger partial charge < -0.3 is 9.67 Å². The number of aromatic nitrogens is 1. The zero-order chi connectivity index (χ0) is 15.2. The number of nitrogens with zero attached hydrogens (tertiary/aromatic N) is 1. The van der Waals surface area contributed by atoms with Crippen molar-refractivity contribution in [2.24, 2.45) is 0 Å². The number of aromatic carboxylic acids is 1. The fraction of sp³-hybridized carbons (Fsp3) is 0.294. The Balaban J connectivity index is 2.26. The van der Waals surface area contributed by atoms with E-state index in [1.54, 1.807) is 41.0 Å². The molecule has 0 aliphatic carbocycles. The number of rotatable bonds is 6. The van der Waals surface area contributed by atoms with Crippen molar-refractivity contribution < 1.29 is 9.90 Å². The number of unbranched alkanes of at least 4 members (excludes halogenated alkanes) is 1. The molecule has 0 atom stereocenters. The Bertz CT molecular complexity index is 671. The standard InChI is InChI=1S/C17H19NO3/c1-2-3-5-15-6-4-7-16(19)18(15)12-13-8-10-14(11-9-13)17(20)21/h4,6-11H,2-3,5,12H2,1H3,(H,20,21). The van der Waals surface area contributed by atoms with E-state index in [1.165, 1.54) is 0 Å². The molecule has 1 N–H and O–H groups in total. The summed E-state index contributed by atoms with van der Waals surface area (Å²) in [6.45, 7) is 2.59. The van der Waals surface area contributed by atoms with Crippen molar-refractivity contribution in [2.45, 2.75) is 32.7 Å². The quantitative estimate of drug-likeness (QED) is 0.887. The zero-order valence-corrected chi connectivity index (χ0v) is 12.1. The topological polar surface area (TPSA) is 59.3 Å². The molecule has 21 heavy (non-hydrogen) atoms. The molecule has 0 aliphatic heterocycles. The van der Waals surface area contributed by atoms with Gasteiger partial charge >= 0.3 is 5.97 Å².